The predicted octanol–water partition coefficient (Wildman–Crippen LogP) is 2.53. The lowest BCUT2D eigenvalue weighted by Crippen LogP contribution is -2.75. The molecule has 1 aliphatic rings. The fourth-order valence-electron chi connectivity index (χ4n) is 2.86. The van der Waals surface area contributed by atoms with Crippen LogP contribution < -0.4 is 5.32 Å². The molecule has 0 bridgehead atoms. The SMILES string of the molecule is C=C(C)C(C(=O)OC(C)(C)CC)N1C(=O)C(NC(=O)c2ccccc2)C1S(=O)Cl. The topological polar surface area (TPSA) is 92.8 Å². The van der Waals surface area contributed by atoms with E-state index in [-0.39, 0.29) is 0 Å². The summed E-state index contributed by atoms with van der Waals surface area (Å²) in [5, 5.41) is 1.46. The maximum absolute atomic E-state index is 12.8. The largest absolute Gasteiger partial charge is 0.458 e. The summed E-state index contributed by atoms with van der Waals surface area (Å²) in [5.41, 5.74) is -0.0523. The third-order valence-corrected chi connectivity index (χ3v) is 6.22. The summed E-state index contributed by atoms with van der Waals surface area (Å²) in [7, 11) is 3.78. The van der Waals surface area contributed by atoms with Crippen molar-refractivity contribution in [2.24, 2.45) is 0 Å². The summed E-state index contributed by atoms with van der Waals surface area (Å²) < 4.78 is 17.7. The Labute approximate surface area is 177 Å². The Morgan fingerprint density at radius 3 is 2.41 bits per heavy atom. The van der Waals surface area contributed by atoms with E-state index in [0.717, 1.165) is 4.90 Å². The lowest BCUT2D eigenvalue weighted by Gasteiger charge is -2.48. The molecule has 1 heterocycles. The molecule has 0 saturated carbocycles. The highest BCUT2D eigenvalue weighted by atomic mass is 35.7. The Morgan fingerprint density at radius 2 is 1.93 bits per heavy atom. The van der Waals surface area contributed by atoms with Crippen molar-refractivity contribution >= 4 is 38.5 Å². The lowest BCUT2D eigenvalue weighted by molar-refractivity contribution is -0.170. The molecule has 158 valence electrons. The minimum atomic E-state index is -2.04. The van der Waals surface area contributed by atoms with Crippen molar-refractivity contribution in [1.82, 2.24) is 10.2 Å². The Balaban J connectivity index is 2.24. The number of carbonyl (C=O) groups excluding carboxylic acids is 3. The van der Waals surface area contributed by atoms with Gasteiger partial charge in [-0.3, -0.25) is 9.59 Å². The number of rotatable bonds is 8. The van der Waals surface area contributed by atoms with Crippen LogP contribution in [0.1, 0.15) is 44.5 Å². The van der Waals surface area contributed by atoms with Gasteiger partial charge in [0.15, 0.2) is 11.4 Å². The first-order chi connectivity index (χ1) is 13.5. The number of hydrogen-bond acceptors (Lipinski definition) is 5. The van der Waals surface area contributed by atoms with Gasteiger partial charge in [0.1, 0.15) is 21.7 Å². The van der Waals surface area contributed by atoms with E-state index < -0.39 is 50.9 Å². The van der Waals surface area contributed by atoms with E-state index in [2.05, 4.69) is 11.9 Å². The average Bonchev–Trinajstić information content (AvgIpc) is 2.65. The average molecular weight is 441 g/mol. The Kier molecular flexibility index (Phi) is 7.24. The van der Waals surface area contributed by atoms with Crippen LogP contribution in [0.25, 0.3) is 0 Å². The fraction of sp³-hybridized carbons (Fsp3) is 0.450. The highest BCUT2D eigenvalue weighted by Crippen LogP contribution is 2.32. The zero-order valence-electron chi connectivity index (χ0n) is 16.8. The number of nitrogens with one attached hydrogen (secondary N) is 1. The standard InChI is InChI=1S/C20H25ClN2O5S/c1-6-20(4,5)28-19(26)15(12(2)3)23-17(25)14(18(23)29(21)27)22-16(24)13-10-8-7-9-11-13/h7-11,14-15,18H,2,6H2,1,3-5H3,(H,22,24). The van der Waals surface area contributed by atoms with Gasteiger partial charge in [-0.2, -0.15) is 0 Å². The van der Waals surface area contributed by atoms with Crippen LogP contribution in [0, 0.1) is 0 Å². The lowest BCUT2D eigenvalue weighted by atomic mass is 9.98. The van der Waals surface area contributed by atoms with Crippen LogP contribution in [0.3, 0.4) is 0 Å². The maximum atomic E-state index is 12.8. The molecule has 1 aromatic carbocycles. The van der Waals surface area contributed by atoms with Crippen LogP contribution in [0.2, 0.25) is 0 Å². The van der Waals surface area contributed by atoms with Gasteiger partial charge >= 0.3 is 5.97 Å². The second kappa shape index (κ2) is 9.09. The molecule has 0 spiro atoms. The van der Waals surface area contributed by atoms with Gasteiger partial charge < -0.3 is 15.0 Å². The number of ether oxygens (including phenoxy) is 1. The molecule has 1 aromatic rings. The van der Waals surface area contributed by atoms with Gasteiger partial charge in [0.25, 0.3) is 5.91 Å². The van der Waals surface area contributed by atoms with E-state index in [4.69, 9.17) is 15.4 Å². The van der Waals surface area contributed by atoms with E-state index in [0.29, 0.717) is 17.6 Å². The Morgan fingerprint density at radius 1 is 1.34 bits per heavy atom. The molecule has 1 fully saturated rings. The molecule has 7 nitrogen and oxygen atoms in total. The van der Waals surface area contributed by atoms with E-state index in [1.54, 1.807) is 51.1 Å². The zero-order valence-corrected chi connectivity index (χ0v) is 18.4. The summed E-state index contributed by atoms with van der Waals surface area (Å²) >= 11 is 0. The second-order valence-electron chi connectivity index (χ2n) is 7.48. The summed E-state index contributed by atoms with van der Waals surface area (Å²) in [6, 6.07) is 6.03. The summed E-state index contributed by atoms with van der Waals surface area (Å²) in [6.45, 7) is 10.7. The molecule has 9 heteroatoms. The number of likely N-dealkylation sites (tertiary alicyclic amines) is 1. The molecule has 4 atom stereocenters. The molecular formula is C20H25ClN2O5S. The molecule has 1 aliphatic heterocycles. The number of β-lactam (4-membered cyclic amide) rings is 1. The number of carbonyl (C=O) groups is 3. The minimum absolute atomic E-state index is 0.343. The normalized spacial score (nSPS) is 21.0. The van der Waals surface area contributed by atoms with Crippen LogP contribution in [-0.2, 0) is 24.3 Å². The van der Waals surface area contributed by atoms with Crippen LogP contribution in [0.5, 0.6) is 0 Å². The van der Waals surface area contributed by atoms with E-state index in [9.17, 15) is 18.6 Å². The summed E-state index contributed by atoms with van der Waals surface area (Å²) in [5.74, 6) is -1.76. The number of benzene rings is 1. The van der Waals surface area contributed by atoms with Gasteiger partial charge in [-0.05, 0) is 55.6 Å². The van der Waals surface area contributed by atoms with Gasteiger partial charge in [-0.1, -0.05) is 31.7 Å². The molecule has 0 aliphatic carbocycles. The first kappa shape index (κ1) is 23.1. The smallest absolute Gasteiger partial charge is 0.333 e. The van der Waals surface area contributed by atoms with E-state index >= 15 is 0 Å². The molecule has 29 heavy (non-hydrogen) atoms. The first-order valence-corrected chi connectivity index (χ1v) is 11.2. The number of hydrogen-bond donors (Lipinski definition) is 1. The molecule has 1 N–H and O–H groups in total. The molecule has 4 unspecified atom stereocenters. The van der Waals surface area contributed by atoms with Gasteiger partial charge in [0.2, 0.25) is 5.91 Å². The zero-order chi connectivity index (χ0) is 21.9. The van der Waals surface area contributed by atoms with Crippen molar-refractivity contribution in [2.45, 2.75) is 57.2 Å². The van der Waals surface area contributed by atoms with Crippen molar-refractivity contribution in [2.75, 3.05) is 0 Å². The molecule has 0 aromatic heterocycles. The minimum Gasteiger partial charge on any atom is -0.458 e. The Bertz CT molecular complexity index is 843. The highest BCUT2D eigenvalue weighted by Gasteiger charge is 2.56. The van der Waals surface area contributed by atoms with Crippen molar-refractivity contribution < 1.29 is 23.3 Å². The van der Waals surface area contributed by atoms with Crippen molar-refractivity contribution in [3.63, 3.8) is 0 Å². The van der Waals surface area contributed by atoms with Gasteiger partial charge in [-0.15, -0.1) is 0 Å². The molecule has 0 radical (unpaired) electrons. The summed E-state index contributed by atoms with van der Waals surface area (Å²) in [6.07, 6.45) is 0.566. The van der Waals surface area contributed by atoms with Crippen LogP contribution in [0.4, 0.5) is 0 Å². The van der Waals surface area contributed by atoms with E-state index in [1.165, 1.54) is 0 Å². The number of halogens is 1. The van der Waals surface area contributed by atoms with Crippen LogP contribution in [-0.4, -0.2) is 50.0 Å². The quantitative estimate of drug-likeness (QED) is 0.290. The number of esters is 1. The molecule has 1 saturated heterocycles. The molecule has 2 rings (SSSR count). The van der Waals surface area contributed by atoms with Crippen molar-refractivity contribution in [1.29, 1.82) is 0 Å². The van der Waals surface area contributed by atoms with Crippen molar-refractivity contribution in [3.05, 3.63) is 48.0 Å². The number of nitrogens with zero attached hydrogens (tertiary/aromatic N) is 1. The third-order valence-electron chi connectivity index (χ3n) is 4.79. The molecule has 2 amide bonds. The second-order valence-corrected chi connectivity index (χ2v) is 9.38. The van der Waals surface area contributed by atoms with Crippen LogP contribution in [0.15, 0.2) is 42.5 Å². The first-order valence-electron chi connectivity index (χ1n) is 9.13. The summed E-state index contributed by atoms with van der Waals surface area (Å²) in [4.78, 5) is 39.0. The van der Waals surface area contributed by atoms with E-state index in [1.807, 2.05) is 6.92 Å². The Hall–Kier alpha value is -2.19. The van der Waals surface area contributed by atoms with Crippen LogP contribution >= 0.6 is 10.7 Å². The van der Waals surface area contributed by atoms with Crippen molar-refractivity contribution in [3.8, 4) is 0 Å². The fourth-order valence-corrected chi connectivity index (χ4v) is 4.23. The van der Waals surface area contributed by atoms with Gasteiger partial charge in [0, 0.05) is 5.56 Å². The highest BCUT2D eigenvalue weighted by molar-refractivity contribution is 8.08. The molecular weight excluding hydrogens is 416 g/mol. The van der Waals surface area contributed by atoms with Gasteiger partial charge in [0.05, 0.1) is 0 Å². The van der Waals surface area contributed by atoms with Gasteiger partial charge in [-0.25, -0.2) is 9.00 Å². The maximum Gasteiger partial charge on any atom is 0.333 e. The number of amides is 2. The third kappa shape index (κ3) is 5.05. The predicted molar refractivity (Wildman–Crippen MR) is 111 cm³/mol. The monoisotopic (exact) mass is 440 g/mol.